The van der Waals surface area contributed by atoms with Crippen molar-refractivity contribution in [3.05, 3.63) is 90.0 Å². The van der Waals surface area contributed by atoms with Gasteiger partial charge in [0.25, 0.3) is 5.91 Å². The number of fused-ring (bicyclic) bond motifs is 1. The Morgan fingerprint density at radius 3 is 2.46 bits per heavy atom. The van der Waals surface area contributed by atoms with Crippen LogP contribution >= 0.6 is 23.8 Å². The number of ether oxygens (including phenoxy) is 1. The van der Waals surface area contributed by atoms with Crippen LogP contribution in [-0.4, -0.2) is 35.5 Å². The van der Waals surface area contributed by atoms with E-state index in [4.69, 9.17) is 20.5 Å². The van der Waals surface area contributed by atoms with E-state index in [2.05, 4.69) is 14.9 Å². The molecule has 0 aliphatic rings. The molecule has 11 heteroatoms. The fourth-order valence-corrected chi connectivity index (χ4v) is 4.51. The minimum atomic E-state index is -0.606. The molecular formula is C26H22N4O5S2. The number of hydrogen-bond acceptors (Lipinski definition) is 8. The number of thioether (sulfide) groups is 1. The number of ketones is 1. The smallest absolute Gasteiger partial charge is 0.280 e. The van der Waals surface area contributed by atoms with E-state index in [1.807, 2.05) is 36.4 Å². The number of rotatable bonds is 10. The van der Waals surface area contributed by atoms with Crippen LogP contribution in [0.25, 0.3) is 10.9 Å². The molecule has 0 atom stereocenters. The van der Waals surface area contributed by atoms with Crippen LogP contribution in [0.4, 0.5) is 0 Å². The van der Waals surface area contributed by atoms with Gasteiger partial charge in [-0.05, 0) is 54.6 Å². The van der Waals surface area contributed by atoms with Crippen molar-refractivity contribution in [2.45, 2.75) is 9.92 Å². The van der Waals surface area contributed by atoms with E-state index in [0.29, 0.717) is 22.0 Å². The molecule has 0 saturated heterocycles. The Morgan fingerprint density at radius 2 is 1.70 bits per heavy atom. The number of pyridine rings is 1. The summed E-state index contributed by atoms with van der Waals surface area (Å²) in [6, 6.07) is 23.2. The molecule has 0 bridgehead atoms. The minimum absolute atomic E-state index is 0.0288. The van der Waals surface area contributed by atoms with Crippen LogP contribution in [0.3, 0.4) is 0 Å². The Bertz CT molecular complexity index is 1460. The molecule has 4 aromatic rings. The summed E-state index contributed by atoms with van der Waals surface area (Å²) in [7, 11) is 1.35. The van der Waals surface area contributed by atoms with Crippen molar-refractivity contribution in [1.29, 1.82) is 0 Å². The van der Waals surface area contributed by atoms with Gasteiger partial charge < -0.3 is 16.2 Å². The summed E-state index contributed by atoms with van der Waals surface area (Å²) in [5, 5.41) is 1.84. The topological polar surface area (TPSA) is 139 Å². The molecular weight excluding hydrogens is 512 g/mol. The predicted octanol–water partition coefficient (Wildman–Crippen LogP) is 5.00. The lowest BCUT2D eigenvalue weighted by Gasteiger charge is -2.11. The molecule has 0 aliphatic heterocycles. The lowest BCUT2D eigenvalue weighted by atomic mass is 10.1. The number of para-hydroxylation sites is 1. The van der Waals surface area contributed by atoms with Gasteiger partial charge in [0.1, 0.15) is 11.5 Å². The molecule has 37 heavy (non-hydrogen) atoms. The van der Waals surface area contributed by atoms with Gasteiger partial charge in [-0.3, -0.25) is 9.59 Å². The van der Waals surface area contributed by atoms with Gasteiger partial charge in [-0.1, -0.05) is 36.0 Å². The third-order valence-electron chi connectivity index (χ3n) is 4.94. The van der Waals surface area contributed by atoms with Crippen molar-refractivity contribution in [1.82, 2.24) is 4.98 Å². The van der Waals surface area contributed by atoms with Gasteiger partial charge >= 0.3 is 0 Å². The molecule has 1 amide bonds. The van der Waals surface area contributed by atoms with Crippen LogP contribution < -0.4 is 16.2 Å². The molecule has 0 fully saturated rings. The van der Waals surface area contributed by atoms with Crippen molar-refractivity contribution in [2.24, 2.45) is 16.5 Å². The van der Waals surface area contributed by atoms with Gasteiger partial charge in [0, 0.05) is 16.5 Å². The molecule has 4 rings (SSSR count). The van der Waals surface area contributed by atoms with Gasteiger partial charge in [0.2, 0.25) is 0 Å². The number of hydrogen-bond donors (Lipinski definition) is 2. The van der Waals surface area contributed by atoms with Crippen molar-refractivity contribution >= 4 is 52.4 Å². The highest BCUT2D eigenvalue weighted by molar-refractivity contribution is 7.99. The van der Waals surface area contributed by atoms with Crippen molar-refractivity contribution in [3.8, 4) is 11.5 Å². The quantitative estimate of drug-likeness (QED) is 0.0543. The fourth-order valence-electron chi connectivity index (χ4n) is 3.23. The molecule has 1 aromatic heterocycles. The van der Waals surface area contributed by atoms with Crippen LogP contribution in [0.5, 0.6) is 11.5 Å². The molecule has 0 aliphatic carbocycles. The van der Waals surface area contributed by atoms with E-state index in [0.717, 1.165) is 28.0 Å². The van der Waals surface area contributed by atoms with E-state index >= 15 is 0 Å². The molecule has 1 heterocycles. The zero-order chi connectivity index (χ0) is 26.2. The Morgan fingerprint density at radius 1 is 0.946 bits per heavy atom. The monoisotopic (exact) mass is 534 g/mol. The largest absolute Gasteiger partial charge is 0.456 e. The number of nitrogens with zero attached hydrogens (tertiary/aromatic N) is 2. The number of guanidine groups is 1. The second kappa shape index (κ2) is 12.4. The first-order chi connectivity index (χ1) is 17.9. The average molecular weight is 535 g/mol. The third-order valence-corrected chi connectivity index (χ3v) is 6.57. The first kappa shape index (κ1) is 26.2. The normalized spacial score (nSPS) is 10.7. The first-order valence-corrected chi connectivity index (χ1v) is 12.6. The zero-order valence-electron chi connectivity index (χ0n) is 19.6. The molecule has 0 radical (unpaired) electrons. The average Bonchev–Trinajstić information content (AvgIpc) is 2.91. The second-order valence-electron chi connectivity index (χ2n) is 7.50. The van der Waals surface area contributed by atoms with E-state index in [-0.39, 0.29) is 23.1 Å². The van der Waals surface area contributed by atoms with Crippen LogP contribution in [-0.2, 0) is 9.22 Å². The third kappa shape index (κ3) is 7.08. The lowest BCUT2D eigenvalue weighted by Crippen LogP contribution is -2.24. The summed E-state index contributed by atoms with van der Waals surface area (Å²) in [5.41, 5.74) is 12.3. The maximum absolute atomic E-state index is 12.7. The number of aromatic nitrogens is 1. The lowest BCUT2D eigenvalue weighted by molar-refractivity contribution is -0.160. The predicted molar refractivity (Wildman–Crippen MR) is 144 cm³/mol. The van der Waals surface area contributed by atoms with Gasteiger partial charge in [0.05, 0.1) is 40.3 Å². The summed E-state index contributed by atoms with van der Waals surface area (Å²) >= 11 is 2.25. The summed E-state index contributed by atoms with van der Waals surface area (Å²) in [4.78, 5) is 38.1. The fraction of sp³-hybridized carbons (Fsp3) is 0.0769. The van der Waals surface area contributed by atoms with Crippen molar-refractivity contribution in [2.75, 3.05) is 12.9 Å². The number of benzene rings is 3. The van der Waals surface area contributed by atoms with Gasteiger partial charge in [-0.15, -0.1) is 0 Å². The van der Waals surface area contributed by atoms with Gasteiger partial charge in [-0.25, -0.2) is 9.87 Å². The van der Waals surface area contributed by atoms with Crippen LogP contribution in [0.15, 0.2) is 93.8 Å². The maximum atomic E-state index is 12.7. The van der Waals surface area contributed by atoms with E-state index in [1.165, 1.54) is 31.0 Å². The summed E-state index contributed by atoms with van der Waals surface area (Å²) < 4.78 is 10.9. The number of amides is 1. The van der Waals surface area contributed by atoms with Crippen LogP contribution in [0.1, 0.15) is 20.7 Å². The van der Waals surface area contributed by atoms with Gasteiger partial charge in [-0.2, -0.15) is 9.33 Å². The number of carbonyl (C=O) groups is 2. The molecule has 9 nitrogen and oxygen atoms in total. The van der Waals surface area contributed by atoms with Crippen LogP contribution in [0.2, 0.25) is 0 Å². The second-order valence-corrected chi connectivity index (χ2v) is 9.24. The van der Waals surface area contributed by atoms with Crippen LogP contribution in [0, 0.1) is 0 Å². The standard InChI is InChI=1S/C26H22N4O5S2/c1-33-35-37-23-14-18(25(32)30-26(27)28)8-12-22(23)34-19-10-6-17(7-11-19)21(31)15-36-24-13-9-16-4-2-3-5-20(16)29-24/h2-14H,15H2,1H3,(H4,27,28,30,32). The Kier molecular flexibility index (Phi) is 8.75. The zero-order valence-corrected chi connectivity index (χ0v) is 21.3. The molecule has 0 unspecified atom stereocenters. The van der Waals surface area contributed by atoms with E-state index in [1.54, 1.807) is 30.3 Å². The van der Waals surface area contributed by atoms with Crippen molar-refractivity contribution < 1.29 is 23.5 Å². The van der Waals surface area contributed by atoms with E-state index < -0.39 is 5.91 Å². The molecule has 0 spiro atoms. The Labute approximate surface area is 221 Å². The summed E-state index contributed by atoms with van der Waals surface area (Å²) in [5.74, 6) is 0.174. The Balaban J connectivity index is 1.42. The molecule has 3 aromatic carbocycles. The molecule has 188 valence electrons. The Hall–Kier alpha value is -3.90. The van der Waals surface area contributed by atoms with E-state index in [9.17, 15) is 9.59 Å². The first-order valence-electron chi connectivity index (χ1n) is 10.9. The highest BCUT2D eigenvalue weighted by Crippen LogP contribution is 2.35. The number of aliphatic imine (C=N–C) groups is 1. The molecule has 4 N–H and O–H groups in total. The SMILES string of the molecule is COOSc1cc(C(=O)N=C(N)N)ccc1Oc1ccc(C(=O)CSc2ccc3ccccc3n2)cc1. The number of nitrogens with two attached hydrogens (primary N) is 2. The number of carbonyl (C=O) groups excluding carboxylic acids is 2. The van der Waals surface area contributed by atoms with Gasteiger partial charge in [0.15, 0.2) is 11.7 Å². The minimum Gasteiger partial charge on any atom is -0.456 e. The van der Waals surface area contributed by atoms with Crippen molar-refractivity contribution in [3.63, 3.8) is 0 Å². The molecule has 0 saturated carbocycles. The summed E-state index contributed by atoms with van der Waals surface area (Å²) in [6.45, 7) is 0. The highest BCUT2D eigenvalue weighted by atomic mass is 32.2. The summed E-state index contributed by atoms with van der Waals surface area (Å²) in [6.07, 6.45) is 0. The highest BCUT2D eigenvalue weighted by Gasteiger charge is 2.14. The maximum Gasteiger partial charge on any atom is 0.280 e. The number of Topliss-reactive ketones (excluding diaryl/α,β-unsaturated/α-hetero) is 1.